The van der Waals surface area contributed by atoms with Crippen molar-refractivity contribution >= 4 is 17.4 Å². The number of aryl methyl sites for hydroxylation is 1. The van der Waals surface area contributed by atoms with Gasteiger partial charge in [0.15, 0.2) is 0 Å². The van der Waals surface area contributed by atoms with Gasteiger partial charge in [0.25, 0.3) is 0 Å². The number of hydrogen-bond acceptors (Lipinski definition) is 2. The van der Waals surface area contributed by atoms with Gasteiger partial charge in [-0.2, -0.15) is 0 Å². The van der Waals surface area contributed by atoms with Gasteiger partial charge < -0.3 is 4.90 Å². The van der Waals surface area contributed by atoms with Gasteiger partial charge in [-0.05, 0) is 42.4 Å². The van der Waals surface area contributed by atoms with Crippen molar-refractivity contribution in [1.29, 1.82) is 0 Å². The van der Waals surface area contributed by atoms with Gasteiger partial charge in [-0.15, -0.1) is 11.6 Å². The highest BCUT2D eigenvalue weighted by Crippen LogP contribution is 2.38. The molecule has 88 valence electrons. The molecule has 2 rings (SSSR count). The number of rotatable bonds is 4. The average Bonchev–Trinajstić information content (AvgIpc) is 2.93. The number of pyridine rings is 1. The van der Waals surface area contributed by atoms with Crippen LogP contribution in [-0.4, -0.2) is 18.6 Å². The standard InChI is InChI=1S/C13H19ClN2/c1-9-5-12(9)8-16(3)13-10(2)4-11(6-14)7-15-13/h4,7,9,12H,5-6,8H2,1-3H3. The molecule has 1 aliphatic carbocycles. The van der Waals surface area contributed by atoms with E-state index in [1.165, 1.54) is 12.0 Å². The van der Waals surface area contributed by atoms with E-state index in [9.17, 15) is 0 Å². The molecule has 0 saturated heterocycles. The van der Waals surface area contributed by atoms with Crippen LogP contribution in [0.4, 0.5) is 5.82 Å². The Morgan fingerprint density at radius 3 is 2.75 bits per heavy atom. The van der Waals surface area contributed by atoms with E-state index in [1.54, 1.807) is 0 Å². The second-order valence-electron chi connectivity index (χ2n) is 4.97. The van der Waals surface area contributed by atoms with E-state index in [0.717, 1.165) is 29.8 Å². The summed E-state index contributed by atoms with van der Waals surface area (Å²) in [4.78, 5) is 6.76. The van der Waals surface area contributed by atoms with Crippen LogP contribution in [0.5, 0.6) is 0 Å². The molecule has 2 unspecified atom stereocenters. The predicted octanol–water partition coefficient (Wildman–Crippen LogP) is 3.22. The van der Waals surface area contributed by atoms with Crippen molar-refractivity contribution < 1.29 is 0 Å². The molecule has 0 amide bonds. The summed E-state index contributed by atoms with van der Waals surface area (Å²) in [5.74, 6) is 3.38. The fourth-order valence-corrected chi connectivity index (χ4v) is 2.34. The molecule has 1 aromatic heterocycles. The molecule has 1 aliphatic rings. The molecule has 1 saturated carbocycles. The Balaban J connectivity index is 2.07. The molecule has 2 nitrogen and oxygen atoms in total. The summed E-state index contributed by atoms with van der Waals surface area (Å²) in [6, 6.07) is 2.13. The highest BCUT2D eigenvalue weighted by molar-refractivity contribution is 6.17. The molecular formula is C13H19ClN2. The zero-order valence-corrected chi connectivity index (χ0v) is 11.0. The molecule has 0 spiro atoms. The van der Waals surface area contributed by atoms with Gasteiger partial charge in [-0.1, -0.05) is 6.92 Å². The minimum Gasteiger partial charge on any atom is -0.359 e. The first-order valence-corrected chi connectivity index (χ1v) is 6.38. The van der Waals surface area contributed by atoms with E-state index in [2.05, 4.69) is 36.8 Å². The lowest BCUT2D eigenvalue weighted by Gasteiger charge is -2.20. The van der Waals surface area contributed by atoms with E-state index in [4.69, 9.17) is 11.6 Å². The van der Waals surface area contributed by atoms with Crippen molar-refractivity contribution in [2.45, 2.75) is 26.1 Å². The molecule has 1 aromatic rings. The third-order valence-corrected chi connectivity index (χ3v) is 3.72. The molecule has 16 heavy (non-hydrogen) atoms. The third-order valence-electron chi connectivity index (χ3n) is 3.41. The number of hydrogen-bond donors (Lipinski definition) is 0. The van der Waals surface area contributed by atoms with Crippen LogP contribution >= 0.6 is 11.6 Å². The van der Waals surface area contributed by atoms with E-state index in [-0.39, 0.29) is 0 Å². The van der Waals surface area contributed by atoms with Crippen molar-refractivity contribution in [3.8, 4) is 0 Å². The first-order valence-electron chi connectivity index (χ1n) is 5.84. The molecule has 1 fully saturated rings. The first kappa shape index (κ1) is 11.7. The van der Waals surface area contributed by atoms with Gasteiger partial charge in [0, 0.05) is 25.7 Å². The van der Waals surface area contributed by atoms with E-state index in [0.29, 0.717) is 5.88 Å². The van der Waals surface area contributed by atoms with E-state index >= 15 is 0 Å². The smallest absolute Gasteiger partial charge is 0.131 e. The van der Waals surface area contributed by atoms with Crippen LogP contribution < -0.4 is 4.90 Å². The first-order chi connectivity index (χ1) is 7.61. The lowest BCUT2D eigenvalue weighted by Crippen LogP contribution is -2.22. The minimum atomic E-state index is 0.539. The zero-order valence-electron chi connectivity index (χ0n) is 10.2. The van der Waals surface area contributed by atoms with Crippen molar-refractivity contribution in [3.63, 3.8) is 0 Å². The average molecular weight is 239 g/mol. The largest absolute Gasteiger partial charge is 0.359 e. The van der Waals surface area contributed by atoms with Gasteiger partial charge in [-0.25, -0.2) is 4.98 Å². The lowest BCUT2D eigenvalue weighted by molar-refractivity contribution is 0.718. The Hall–Kier alpha value is -0.760. The summed E-state index contributed by atoms with van der Waals surface area (Å²) in [7, 11) is 2.13. The zero-order chi connectivity index (χ0) is 11.7. The van der Waals surface area contributed by atoms with Crippen LogP contribution in [0.15, 0.2) is 12.3 Å². The van der Waals surface area contributed by atoms with Crippen LogP contribution in [0, 0.1) is 18.8 Å². The third kappa shape index (κ3) is 2.49. The van der Waals surface area contributed by atoms with Crippen LogP contribution in [-0.2, 0) is 5.88 Å². The highest BCUT2D eigenvalue weighted by Gasteiger charge is 2.33. The molecule has 2 atom stereocenters. The van der Waals surface area contributed by atoms with Crippen molar-refractivity contribution in [2.24, 2.45) is 11.8 Å². The maximum atomic E-state index is 5.79. The summed E-state index contributed by atoms with van der Waals surface area (Å²) < 4.78 is 0. The Bertz CT molecular complexity index is 378. The second-order valence-corrected chi connectivity index (χ2v) is 5.24. The molecule has 3 heteroatoms. The Morgan fingerprint density at radius 2 is 2.25 bits per heavy atom. The molecule has 0 radical (unpaired) electrons. The minimum absolute atomic E-state index is 0.539. The normalized spacial score (nSPS) is 23.2. The van der Waals surface area contributed by atoms with Crippen molar-refractivity contribution in [3.05, 3.63) is 23.4 Å². The maximum absolute atomic E-state index is 5.79. The fraction of sp³-hybridized carbons (Fsp3) is 0.615. The molecule has 0 aromatic carbocycles. The number of nitrogens with zero attached hydrogens (tertiary/aromatic N) is 2. The molecule has 0 aliphatic heterocycles. The Labute approximate surface area is 103 Å². The summed E-state index contributed by atoms with van der Waals surface area (Å²) >= 11 is 5.79. The van der Waals surface area contributed by atoms with Gasteiger partial charge in [-0.3, -0.25) is 0 Å². The fourth-order valence-electron chi connectivity index (χ4n) is 2.19. The summed E-state index contributed by atoms with van der Waals surface area (Å²) in [5, 5.41) is 0. The Kier molecular flexibility index (Phi) is 3.38. The number of alkyl halides is 1. The van der Waals surface area contributed by atoms with E-state index < -0.39 is 0 Å². The van der Waals surface area contributed by atoms with Gasteiger partial charge in [0.1, 0.15) is 5.82 Å². The number of halogens is 1. The highest BCUT2D eigenvalue weighted by atomic mass is 35.5. The number of aromatic nitrogens is 1. The van der Waals surface area contributed by atoms with Gasteiger partial charge in [0.2, 0.25) is 0 Å². The van der Waals surface area contributed by atoms with Crippen LogP contribution in [0.3, 0.4) is 0 Å². The monoisotopic (exact) mass is 238 g/mol. The molecular weight excluding hydrogens is 220 g/mol. The van der Waals surface area contributed by atoms with Crippen LogP contribution in [0.25, 0.3) is 0 Å². The molecule has 0 N–H and O–H groups in total. The topological polar surface area (TPSA) is 16.1 Å². The van der Waals surface area contributed by atoms with Crippen molar-refractivity contribution in [2.75, 3.05) is 18.5 Å². The summed E-state index contributed by atoms with van der Waals surface area (Å²) in [6.07, 6.45) is 3.24. The SMILES string of the molecule is Cc1cc(CCl)cnc1N(C)CC1CC1C. The summed E-state index contributed by atoms with van der Waals surface area (Å²) in [6.45, 7) is 5.54. The number of anilines is 1. The quantitative estimate of drug-likeness (QED) is 0.749. The summed E-state index contributed by atoms with van der Waals surface area (Å²) in [5.41, 5.74) is 2.31. The molecule has 1 heterocycles. The Morgan fingerprint density at radius 1 is 1.56 bits per heavy atom. The van der Waals surface area contributed by atoms with E-state index in [1.807, 2.05) is 6.20 Å². The van der Waals surface area contributed by atoms with Gasteiger partial charge >= 0.3 is 0 Å². The lowest BCUT2D eigenvalue weighted by atomic mass is 10.2. The second kappa shape index (κ2) is 4.62. The van der Waals surface area contributed by atoms with Gasteiger partial charge in [0.05, 0.1) is 0 Å². The molecule has 0 bridgehead atoms. The van der Waals surface area contributed by atoms with Crippen LogP contribution in [0.1, 0.15) is 24.5 Å². The predicted molar refractivity (Wildman–Crippen MR) is 69.1 cm³/mol. The maximum Gasteiger partial charge on any atom is 0.131 e. The van der Waals surface area contributed by atoms with Crippen molar-refractivity contribution in [1.82, 2.24) is 4.98 Å². The van der Waals surface area contributed by atoms with Crippen LogP contribution in [0.2, 0.25) is 0 Å².